The molecule has 0 bridgehead atoms. The van der Waals surface area contributed by atoms with Crippen LogP contribution in [0.25, 0.3) is 0 Å². The quantitative estimate of drug-likeness (QED) is 0.636. The standard InChI is InChI=1S/C18H20O4/c1-3-21-18(20)16-14(12-7-5-4-6-8-12)11(2)9-13-10-22-17(19)15(13)16/h4-9,13-16H,3,10H2,1-2H3/t13-,14+,15-,16-/m1/s1. The molecule has 0 unspecified atom stereocenters. The number of allylic oxidation sites excluding steroid dienone is 1. The Kier molecular flexibility index (Phi) is 4.01. The SMILES string of the molecule is CCOC(=O)[C@H]1[C@@H]2C(=O)OC[C@H]2C=C(C)[C@H]1c1ccccc1. The summed E-state index contributed by atoms with van der Waals surface area (Å²) in [5.41, 5.74) is 2.14. The van der Waals surface area contributed by atoms with Crippen molar-refractivity contribution in [1.29, 1.82) is 0 Å². The van der Waals surface area contributed by atoms with Crippen LogP contribution in [0.15, 0.2) is 42.0 Å². The molecule has 1 heterocycles. The van der Waals surface area contributed by atoms with E-state index in [1.165, 1.54) is 0 Å². The molecule has 1 aromatic rings. The fourth-order valence-electron chi connectivity index (χ4n) is 3.70. The molecule has 0 radical (unpaired) electrons. The second-order valence-corrected chi connectivity index (χ2v) is 5.90. The summed E-state index contributed by atoms with van der Waals surface area (Å²) >= 11 is 0. The highest BCUT2D eigenvalue weighted by Gasteiger charge is 2.51. The maximum Gasteiger partial charge on any atom is 0.310 e. The molecular weight excluding hydrogens is 280 g/mol. The molecule has 22 heavy (non-hydrogen) atoms. The summed E-state index contributed by atoms with van der Waals surface area (Å²) in [6.45, 7) is 4.47. The summed E-state index contributed by atoms with van der Waals surface area (Å²) in [5, 5.41) is 0. The molecular formula is C18H20O4. The third-order valence-corrected chi connectivity index (χ3v) is 4.58. The van der Waals surface area contributed by atoms with Crippen molar-refractivity contribution in [2.75, 3.05) is 13.2 Å². The van der Waals surface area contributed by atoms with Crippen LogP contribution < -0.4 is 0 Å². The average Bonchev–Trinajstić information content (AvgIpc) is 2.88. The van der Waals surface area contributed by atoms with E-state index in [0.29, 0.717) is 13.2 Å². The van der Waals surface area contributed by atoms with E-state index < -0.39 is 11.8 Å². The minimum absolute atomic E-state index is 0.0260. The number of esters is 2. The summed E-state index contributed by atoms with van der Waals surface area (Å²) in [6.07, 6.45) is 2.09. The van der Waals surface area contributed by atoms with Crippen LogP contribution >= 0.6 is 0 Å². The Morgan fingerprint density at radius 3 is 2.73 bits per heavy atom. The van der Waals surface area contributed by atoms with Crippen LogP contribution in [0.2, 0.25) is 0 Å². The summed E-state index contributed by atoms with van der Waals surface area (Å²) in [7, 11) is 0. The Balaban J connectivity index is 2.06. The smallest absolute Gasteiger partial charge is 0.310 e. The highest BCUT2D eigenvalue weighted by atomic mass is 16.5. The number of rotatable bonds is 3. The lowest BCUT2D eigenvalue weighted by Crippen LogP contribution is -2.39. The van der Waals surface area contributed by atoms with Gasteiger partial charge in [0.25, 0.3) is 0 Å². The van der Waals surface area contributed by atoms with Crippen molar-refractivity contribution in [2.24, 2.45) is 17.8 Å². The Morgan fingerprint density at radius 1 is 1.32 bits per heavy atom. The van der Waals surface area contributed by atoms with Crippen molar-refractivity contribution in [1.82, 2.24) is 0 Å². The maximum absolute atomic E-state index is 12.6. The van der Waals surface area contributed by atoms with E-state index in [4.69, 9.17) is 9.47 Å². The number of carbonyl (C=O) groups excluding carboxylic acids is 2. The lowest BCUT2D eigenvalue weighted by Gasteiger charge is -2.35. The normalized spacial score (nSPS) is 30.3. The van der Waals surface area contributed by atoms with Gasteiger partial charge in [-0.15, -0.1) is 0 Å². The number of fused-ring (bicyclic) bond motifs is 1. The number of ether oxygens (including phenoxy) is 2. The van der Waals surface area contributed by atoms with E-state index in [9.17, 15) is 9.59 Å². The molecule has 0 spiro atoms. The van der Waals surface area contributed by atoms with Crippen LogP contribution in [0, 0.1) is 17.8 Å². The monoisotopic (exact) mass is 300 g/mol. The van der Waals surface area contributed by atoms with Crippen LogP contribution in [-0.2, 0) is 19.1 Å². The van der Waals surface area contributed by atoms with Crippen LogP contribution in [0.3, 0.4) is 0 Å². The zero-order valence-electron chi connectivity index (χ0n) is 12.8. The second-order valence-electron chi connectivity index (χ2n) is 5.90. The van der Waals surface area contributed by atoms with Crippen molar-refractivity contribution in [3.8, 4) is 0 Å². The molecule has 3 rings (SSSR count). The van der Waals surface area contributed by atoms with Gasteiger partial charge in [0.15, 0.2) is 0 Å². The summed E-state index contributed by atoms with van der Waals surface area (Å²) in [4.78, 5) is 24.7. The summed E-state index contributed by atoms with van der Waals surface area (Å²) in [6, 6.07) is 9.83. The topological polar surface area (TPSA) is 52.6 Å². The molecule has 1 aromatic carbocycles. The second kappa shape index (κ2) is 5.95. The van der Waals surface area contributed by atoms with Gasteiger partial charge in [-0.05, 0) is 19.4 Å². The zero-order valence-corrected chi connectivity index (χ0v) is 12.8. The van der Waals surface area contributed by atoms with Gasteiger partial charge in [-0.3, -0.25) is 9.59 Å². The van der Waals surface area contributed by atoms with Crippen molar-refractivity contribution in [3.63, 3.8) is 0 Å². The van der Waals surface area contributed by atoms with Crippen molar-refractivity contribution < 1.29 is 19.1 Å². The van der Waals surface area contributed by atoms with E-state index in [2.05, 4.69) is 6.08 Å². The number of carbonyl (C=O) groups is 2. The lowest BCUT2D eigenvalue weighted by atomic mass is 9.66. The van der Waals surface area contributed by atoms with E-state index in [-0.39, 0.29) is 23.8 Å². The molecule has 4 heteroatoms. The molecule has 0 saturated carbocycles. The minimum Gasteiger partial charge on any atom is -0.466 e. The van der Waals surface area contributed by atoms with E-state index in [1.807, 2.05) is 37.3 Å². The van der Waals surface area contributed by atoms with E-state index in [1.54, 1.807) is 6.92 Å². The molecule has 1 aliphatic heterocycles. The van der Waals surface area contributed by atoms with E-state index >= 15 is 0 Å². The van der Waals surface area contributed by atoms with Gasteiger partial charge in [0, 0.05) is 11.8 Å². The Morgan fingerprint density at radius 2 is 2.05 bits per heavy atom. The highest BCUT2D eigenvalue weighted by molar-refractivity contribution is 5.85. The summed E-state index contributed by atoms with van der Waals surface area (Å²) in [5.74, 6) is -1.69. The molecule has 0 aromatic heterocycles. The Labute approximate surface area is 130 Å². The lowest BCUT2D eigenvalue weighted by molar-refractivity contribution is -0.156. The third-order valence-electron chi connectivity index (χ3n) is 4.58. The van der Waals surface area contributed by atoms with Crippen molar-refractivity contribution >= 4 is 11.9 Å². The molecule has 0 N–H and O–H groups in total. The maximum atomic E-state index is 12.6. The molecule has 2 aliphatic rings. The fraction of sp³-hybridized carbons (Fsp3) is 0.444. The van der Waals surface area contributed by atoms with Gasteiger partial charge in [-0.25, -0.2) is 0 Å². The van der Waals surface area contributed by atoms with Crippen LogP contribution in [0.1, 0.15) is 25.3 Å². The number of hydrogen-bond acceptors (Lipinski definition) is 4. The van der Waals surface area contributed by atoms with Crippen molar-refractivity contribution in [3.05, 3.63) is 47.5 Å². The first-order valence-corrected chi connectivity index (χ1v) is 7.70. The molecule has 116 valence electrons. The first-order valence-electron chi connectivity index (χ1n) is 7.70. The van der Waals surface area contributed by atoms with Gasteiger partial charge in [0.1, 0.15) is 0 Å². The summed E-state index contributed by atoms with van der Waals surface area (Å²) < 4.78 is 10.5. The van der Waals surface area contributed by atoms with Gasteiger partial charge >= 0.3 is 11.9 Å². The Bertz CT molecular complexity index is 605. The first kappa shape index (κ1) is 14.8. The van der Waals surface area contributed by atoms with Gasteiger partial charge in [0.05, 0.1) is 25.0 Å². The van der Waals surface area contributed by atoms with Gasteiger partial charge < -0.3 is 9.47 Å². The Hall–Kier alpha value is -2.10. The molecule has 4 atom stereocenters. The molecule has 0 amide bonds. The fourth-order valence-corrected chi connectivity index (χ4v) is 3.70. The number of cyclic esters (lactones) is 1. The number of benzene rings is 1. The highest BCUT2D eigenvalue weighted by Crippen LogP contribution is 2.47. The van der Waals surface area contributed by atoms with Gasteiger partial charge in [0.2, 0.25) is 0 Å². The predicted octanol–water partition coefficient (Wildman–Crippen LogP) is 2.70. The molecule has 1 fully saturated rings. The number of hydrogen-bond donors (Lipinski definition) is 0. The predicted molar refractivity (Wildman–Crippen MR) is 81.0 cm³/mol. The molecule has 4 nitrogen and oxygen atoms in total. The first-order chi connectivity index (χ1) is 10.6. The largest absolute Gasteiger partial charge is 0.466 e. The molecule has 1 saturated heterocycles. The van der Waals surface area contributed by atoms with Gasteiger partial charge in [-0.2, -0.15) is 0 Å². The van der Waals surface area contributed by atoms with E-state index in [0.717, 1.165) is 11.1 Å². The van der Waals surface area contributed by atoms with Crippen LogP contribution in [0.5, 0.6) is 0 Å². The van der Waals surface area contributed by atoms with Crippen molar-refractivity contribution in [2.45, 2.75) is 19.8 Å². The third kappa shape index (κ3) is 2.43. The van der Waals surface area contributed by atoms with Crippen LogP contribution in [0.4, 0.5) is 0 Å². The average molecular weight is 300 g/mol. The molecule has 1 aliphatic carbocycles. The zero-order chi connectivity index (χ0) is 15.7. The van der Waals surface area contributed by atoms with Gasteiger partial charge in [-0.1, -0.05) is 42.0 Å². The van der Waals surface area contributed by atoms with Crippen LogP contribution in [-0.4, -0.2) is 25.2 Å². The minimum atomic E-state index is -0.507.